The van der Waals surface area contributed by atoms with Crippen molar-refractivity contribution in [3.8, 4) is 23.0 Å². The van der Waals surface area contributed by atoms with Crippen LogP contribution < -0.4 is 14.3 Å². The maximum Gasteiger partial charge on any atom is 0.337 e. The van der Waals surface area contributed by atoms with Gasteiger partial charge < -0.3 is 18.6 Å². The van der Waals surface area contributed by atoms with E-state index in [1.54, 1.807) is 43.4 Å². The molecular weight excluding hydrogens is 454 g/mol. The topological polar surface area (TPSA) is 87.6 Å². The van der Waals surface area contributed by atoms with E-state index in [0.29, 0.717) is 29.4 Å². The van der Waals surface area contributed by atoms with Crippen molar-refractivity contribution in [1.82, 2.24) is 4.68 Å². The molecule has 0 bridgehead atoms. The van der Waals surface area contributed by atoms with Crippen molar-refractivity contribution in [1.29, 1.82) is 0 Å². The predicted molar refractivity (Wildman–Crippen MR) is 130 cm³/mol. The highest BCUT2D eigenvalue weighted by Crippen LogP contribution is 2.28. The maximum atomic E-state index is 11.6. The van der Waals surface area contributed by atoms with Crippen LogP contribution >= 0.6 is 11.3 Å². The van der Waals surface area contributed by atoms with Crippen LogP contribution in [0, 0.1) is 0 Å². The number of hydrogen-bond donors (Lipinski definition) is 0. The summed E-state index contributed by atoms with van der Waals surface area (Å²) in [7, 11) is 4.67. The Balaban J connectivity index is 1.50. The van der Waals surface area contributed by atoms with Gasteiger partial charge in [-0.15, -0.1) is 11.3 Å². The van der Waals surface area contributed by atoms with Crippen molar-refractivity contribution in [3.05, 3.63) is 87.7 Å². The number of benzene rings is 2. The van der Waals surface area contributed by atoms with Gasteiger partial charge in [0, 0.05) is 12.4 Å². The number of carbonyl (C=O) groups excluding carboxylic acids is 1. The molecule has 0 saturated heterocycles. The van der Waals surface area contributed by atoms with Crippen LogP contribution in [0.2, 0.25) is 0 Å². The van der Waals surface area contributed by atoms with E-state index < -0.39 is 0 Å². The molecular formula is C25H23N3O5S. The molecule has 0 spiro atoms. The van der Waals surface area contributed by atoms with Crippen molar-refractivity contribution < 1.29 is 23.4 Å². The van der Waals surface area contributed by atoms with E-state index >= 15 is 0 Å². The van der Waals surface area contributed by atoms with Crippen LogP contribution in [0.15, 0.2) is 80.8 Å². The summed E-state index contributed by atoms with van der Waals surface area (Å²) < 4.78 is 23.4. The molecule has 2 aromatic heterocycles. The summed E-state index contributed by atoms with van der Waals surface area (Å²) >= 11 is 1.48. The molecule has 0 atom stereocenters. The van der Waals surface area contributed by atoms with Gasteiger partial charge in [-0.25, -0.2) is 9.47 Å². The molecule has 2 aromatic carbocycles. The fourth-order valence-electron chi connectivity index (χ4n) is 3.18. The highest BCUT2D eigenvalue weighted by Gasteiger charge is 2.10. The first-order valence-electron chi connectivity index (χ1n) is 10.3. The number of methoxy groups -OCH3 is 2. The molecule has 4 rings (SSSR count). The number of aromatic nitrogens is 1. The van der Waals surface area contributed by atoms with E-state index in [4.69, 9.17) is 18.6 Å². The molecule has 0 fully saturated rings. The van der Waals surface area contributed by atoms with Gasteiger partial charge in [0.15, 0.2) is 17.3 Å². The Morgan fingerprint density at radius 2 is 1.94 bits per heavy atom. The highest BCUT2D eigenvalue weighted by atomic mass is 32.1. The van der Waals surface area contributed by atoms with Crippen LogP contribution in [0.4, 0.5) is 0 Å². The van der Waals surface area contributed by atoms with E-state index in [-0.39, 0.29) is 5.97 Å². The van der Waals surface area contributed by atoms with Crippen molar-refractivity contribution in [3.63, 3.8) is 0 Å². The average molecular weight is 478 g/mol. The summed E-state index contributed by atoms with van der Waals surface area (Å²) in [4.78, 5) is 16.6. The largest absolute Gasteiger partial charge is 0.493 e. The number of thiazole rings is 1. The molecule has 0 N–H and O–H groups in total. The van der Waals surface area contributed by atoms with Crippen LogP contribution in [0.5, 0.6) is 11.5 Å². The van der Waals surface area contributed by atoms with Gasteiger partial charge in [-0.1, -0.05) is 12.1 Å². The van der Waals surface area contributed by atoms with Gasteiger partial charge in [0.05, 0.1) is 32.3 Å². The van der Waals surface area contributed by atoms with E-state index in [1.807, 2.05) is 47.8 Å². The third kappa shape index (κ3) is 5.10. The first kappa shape index (κ1) is 23.1. The Bertz CT molecular complexity index is 1350. The zero-order chi connectivity index (χ0) is 23.9. The quantitative estimate of drug-likeness (QED) is 0.273. The van der Waals surface area contributed by atoms with Crippen LogP contribution in [0.3, 0.4) is 0 Å². The second-order valence-corrected chi connectivity index (χ2v) is 7.88. The molecule has 0 aliphatic rings. The normalized spacial score (nSPS) is 11.7. The van der Waals surface area contributed by atoms with Crippen LogP contribution in [-0.4, -0.2) is 38.1 Å². The van der Waals surface area contributed by atoms with Crippen molar-refractivity contribution >= 4 is 23.5 Å². The SMILES string of the molecule is CN=c1scc(-c2ccco2)n1N=Cc1ccc(OCc2ccc(C(=O)OC)cc2)c(OC)c1. The summed E-state index contributed by atoms with van der Waals surface area (Å²) in [5.74, 6) is 1.52. The van der Waals surface area contributed by atoms with Crippen molar-refractivity contribution in [2.75, 3.05) is 21.3 Å². The molecule has 0 amide bonds. The van der Waals surface area contributed by atoms with E-state index in [2.05, 4.69) is 10.1 Å². The molecule has 174 valence electrons. The molecule has 9 heteroatoms. The van der Waals surface area contributed by atoms with Gasteiger partial charge in [-0.05, 0) is 53.6 Å². The third-order valence-electron chi connectivity index (χ3n) is 4.93. The lowest BCUT2D eigenvalue weighted by atomic mass is 10.1. The van der Waals surface area contributed by atoms with E-state index in [0.717, 1.165) is 21.6 Å². The van der Waals surface area contributed by atoms with Crippen molar-refractivity contribution in [2.45, 2.75) is 6.61 Å². The van der Waals surface area contributed by atoms with Gasteiger partial charge in [0.1, 0.15) is 12.3 Å². The molecule has 8 nitrogen and oxygen atoms in total. The highest BCUT2D eigenvalue weighted by molar-refractivity contribution is 7.07. The monoisotopic (exact) mass is 477 g/mol. The summed E-state index contributed by atoms with van der Waals surface area (Å²) in [5.41, 5.74) is 3.05. The molecule has 0 aliphatic carbocycles. The standard InChI is InChI=1S/C25H23N3O5S/c1-26-25-28(20(16-34-25)21-5-4-12-32-21)27-14-18-8-11-22(23(13-18)30-2)33-15-17-6-9-19(10-7-17)24(29)31-3/h4-14,16H,15H2,1-3H3. The molecule has 0 unspecified atom stereocenters. The molecule has 34 heavy (non-hydrogen) atoms. The number of nitrogens with zero attached hydrogens (tertiary/aromatic N) is 3. The lowest BCUT2D eigenvalue weighted by molar-refractivity contribution is 0.0600. The zero-order valence-electron chi connectivity index (χ0n) is 18.9. The Morgan fingerprint density at radius 1 is 1.12 bits per heavy atom. The zero-order valence-corrected chi connectivity index (χ0v) is 19.7. The molecule has 0 saturated carbocycles. The fraction of sp³-hybridized carbons (Fsp3) is 0.160. The molecule has 0 radical (unpaired) electrons. The second-order valence-electron chi connectivity index (χ2n) is 7.05. The number of ether oxygens (including phenoxy) is 3. The summed E-state index contributed by atoms with van der Waals surface area (Å²) in [6.45, 7) is 0.323. The average Bonchev–Trinajstić information content (AvgIpc) is 3.55. The first-order valence-corrected chi connectivity index (χ1v) is 11.2. The smallest absolute Gasteiger partial charge is 0.337 e. The van der Waals surface area contributed by atoms with E-state index in [1.165, 1.54) is 18.4 Å². The minimum absolute atomic E-state index is 0.323. The number of furan rings is 1. The van der Waals surface area contributed by atoms with Gasteiger partial charge in [-0.3, -0.25) is 4.99 Å². The molecule has 0 aliphatic heterocycles. The number of carbonyl (C=O) groups is 1. The van der Waals surface area contributed by atoms with Gasteiger partial charge in [0.2, 0.25) is 4.80 Å². The summed E-state index contributed by atoms with van der Waals surface area (Å²) in [6, 6.07) is 16.3. The second kappa shape index (κ2) is 10.7. The van der Waals surface area contributed by atoms with Gasteiger partial charge >= 0.3 is 5.97 Å². The number of esters is 1. The van der Waals surface area contributed by atoms with Gasteiger partial charge in [0.25, 0.3) is 0 Å². The summed E-state index contributed by atoms with van der Waals surface area (Å²) in [6.07, 6.45) is 3.35. The van der Waals surface area contributed by atoms with Crippen LogP contribution in [0.25, 0.3) is 11.5 Å². The lowest BCUT2D eigenvalue weighted by Gasteiger charge is -2.11. The Hall–Kier alpha value is -4.11. The Kier molecular flexibility index (Phi) is 7.24. The van der Waals surface area contributed by atoms with Crippen LogP contribution in [0.1, 0.15) is 21.5 Å². The molecule has 2 heterocycles. The molecule has 4 aromatic rings. The first-order chi connectivity index (χ1) is 16.6. The minimum atomic E-state index is -0.372. The van der Waals surface area contributed by atoms with Crippen LogP contribution in [-0.2, 0) is 11.3 Å². The maximum absolute atomic E-state index is 11.6. The minimum Gasteiger partial charge on any atom is -0.493 e. The Morgan fingerprint density at radius 3 is 2.62 bits per heavy atom. The van der Waals surface area contributed by atoms with Gasteiger partial charge in [-0.2, -0.15) is 5.10 Å². The third-order valence-corrected chi connectivity index (χ3v) is 5.84. The van der Waals surface area contributed by atoms with E-state index in [9.17, 15) is 4.79 Å². The number of hydrogen-bond acceptors (Lipinski definition) is 8. The lowest BCUT2D eigenvalue weighted by Crippen LogP contribution is -2.11. The predicted octanol–water partition coefficient (Wildman–Crippen LogP) is 4.60. The summed E-state index contributed by atoms with van der Waals surface area (Å²) in [5, 5.41) is 6.56. The fourth-order valence-corrected chi connectivity index (χ4v) is 3.97. The Labute approximate surface area is 200 Å². The number of rotatable bonds is 8. The van der Waals surface area contributed by atoms with Crippen molar-refractivity contribution in [2.24, 2.45) is 10.1 Å².